The Bertz CT molecular complexity index is 129. The largest absolute Gasteiger partial charge is 0.395 e. The highest BCUT2D eigenvalue weighted by Gasteiger charge is 2.17. The molecule has 72 valence electrons. The monoisotopic (exact) mass is 170 g/mol. The Morgan fingerprint density at radius 1 is 1.50 bits per heavy atom. The molecule has 0 aromatic heterocycles. The van der Waals surface area contributed by atoms with E-state index < -0.39 is 0 Å². The van der Waals surface area contributed by atoms with Gasteiger partial charge in [0.15, 0.2) is 0 Å². The maximum Gasteiger partial charge on any atom is 0.0519 e. The highest BCUT2D eigenvalue weighted by Crippen LogP contribution is 2.25. The summed E-state index contributed by atoms with van der Waals surface area (Å²) >= 11 is 0. The van der Waals surface area contributed by atoms with Crippen molar-refractivity contribution in [1.29, 1.82) is 0 Å². The van der Waals surface area contributed by atoms with Crippen LogP contribution in [0.1, 0.15) is 40.0 Å². The molecule has 0 aliphatic rings. The van der Waals surface area contributed by atoms with Gasteiger partial charge in [-0.15, -0.1) is 6.58 Å². The first-order valence-electron chi connectivity index (χ1n) is 4.78. The van der Waals surface area contributed by atoms with Crippen LogP contribution in [-0.2, 0) is 0 Å². The first-order chi connectivity index (χ1) is 5.54. The summed E-state index contributed by atoms with van der Waals surface area (Å²) in [6.07, 6.45) is 5.34. The SMILES string of the molecule is C=CC(C)(CO)CCCC(C)C. The van der Waals surface area contributed by atoms with Crippen molar-refractivity contribution in [2.24, 2.45) is 11.3 Å². The van der Waals surface area contributed by atoms with Crippen LogP contribution >= 0.6 is 0 Å². The summed E-state index contributed by atoms with van der Waals surface area (Å²) in [5.41, 5.74) is -0.0606. The second kappa shape index (κ2) is 5.36. The van der Waals surface area contributed by atoms with E-state index in [9.17, 15) is 0 Å². The summed E-state index contributed by atoms with van der Waals surface area (Å²) in [5.74, 6) is 0.762. The van der Waals surface area contributed by atoms with Gasteiger partial charge in [0.2, 0.25) is 0 Å². The van der Waals surface area contributed by atoms with Crippen LogP contribution in [0, 0.1) is 11.3 Å². The van der Waals surface area contributed by atoms with Gasteiger partial charge in [-0.25, -0.2) is 0 Å². The molecular formula is C11H22O. The fraction of sp³-hybridized carbons (Fsp3) is 0.818. The molecule has 0 saturated heterocycles. The van der Waals surface area contributed by atoms with Gasteiger partial charge in [0.25, 0.3) is 0 Å². The van der Waals surface area contributed by atoms with Gasteiger partial charge < -0.3 is 5.11 Å². The summed E-state index contributed by atoms with van der Waals surface area (Å²) in [5, 5.41) is 9.08. The number of hydrogen-bond donors (Lipinski definition) is 1. The van der Waals surface area contributed by atoms with Crippen molar-refractivity contribution in [2.45, 2.75) is 40.0 Å². The number of aliphatic hydroxyl groups excluding tert-OH is 1. The number of aliphatic hydroxyl groups is 1. The Kier molecular flexibility index (Phi) is 5.23. The van der Waals surface area contributed by atoms with Gasteiger partial charge in [0, 0.05) is 5.41 Å². The molecule has 0 amide bonds. The molecule has 0 aromatic carbocycles. The lowest BCUT2D eigenvalue weighted by molar-refractivity contribution is 0.171. The molecule has 0 radical (unpaired) electrons. The van der Waals surface area contributed by atoms with Gasteiger partial charge in [0.05, 0.1) is 6.61 Å². The summed E-state index contributed by atoms with van der Waals surface area (Å²) in [6.45, 7) is 10.5. The van der Waals surface area contributed by atoms with Crippen molar-refractivity contribution in [1.82, 2.24) is 0 Å². The average Bonchev–Trinajstić information content (AvgIpc) is 2.03. The van der Waals surface area contributed by atoms with Crippen LogP contribution in [0.3, 0.4) is 0 Å². The van der Waals surface area contributed by atoms with Crippen molar-refractivity contribution in [3.8, 4) is 0 Å². The van der Waals surface area contributed by atoms with Gasteiger partial charge in [-0.2, -0.15) is 0 Å². The van der Waals surface area contributed by atoms with E-state index in [1.54, 1.807) is 0 Å². The van der Waals surface area contributed by atoms with Crippen LogP contribution in [0.25, 0.3) is 0 Å². The zero-order valence-electron chi connectivity index (χ0n) is 8.64. The highest BCUT2D eigenvalue weighted by atomic mass is 16.3. The molecule has 0 bridgehead atoms. The molecular weight excluding hydrogens is 148 g/mol. The third kappa shape index (κ3) is 4.55. The smallest absolute Gasteiger partial charge is 0.0519 e. The summed E-state index contributed by atoms with van der Waals surface area (Å²) < 4.78 is 0. The van der Waals surface area contributed by atoms with E-state index in [4.69, 9.17) is 5.11 Å². The Morgan fingerprint density at radius 2 is 2.08 bits per heavy atom. The Morgan fingerprint density at radius 3 is 2.42 bits per heavy atom. The van der Waals surface area contributed by atoms with Crippen molar-refractivity contribution >= 4 is 0 Å². The first-order valence-corrected chi connectivity index (χ1v) is 4.78. The number of hydrogen-bond acceptors (Lipinski definition) is 1. The fourth-order valence-electron chi connectivity index (χ4n) is 1.16. The van der Waals surface area contributed by atoms with Gasteiger partial charge >= 0.3 is 0 Å². The van der Waals surface area contributed by atoms with Crippen LogP contribution in [0.2, 0.25) is 0 Å². The van der Waals surface area contributed by atoms with Gasteiger partial charge in [0.1, 0.15) is 0 Å². The highest BCUT2D eigenvalue weighted by molar-refractivity contribution is 4.90. The molecule has 0 spiro atoms. The molecule has 0 heterocycles. The topological polar surface area (TPSA) is 20.2 Å². The molecule has 1 N–H and O–H groups in total. The zero-order chi connectivity index (χ0) is 9.61. The second-order valence-corrected chi connectivity index (χ2v) is 4.30. The Labute approximate surface area is 76.5 Å². The van der Waals surface area contributed by atoms with Gasteiger partial charge in [-0.05, 0) is 12.3 Å². The van der Waals surface area contributed by atoms with Crippen LogP contribution in [0.4, 0.5) is 0 Å². The van der Waals surface area contributed by atoms with Crippen LogP contribution in [0.5, 0.6) is 0 Å². The minimum atomic E-state index is -0.0606. The molecule has 1 atom stereocenters. The summed E-state index contributed by atoms with van der Waals surface area (Å²) in [4.78, 5) is 0. The predicted molar refractivity (Wildman–Crippen MR) is 54.1 cm³/mol. The maximum absolute atomic E-state index is 9.08. The third-order valence-corrected chi connectivity index (χ3v) is 2.38. The summed E-state index contributed by atoms with van der Waals surface area (Å²) in [7, 11) is 0. The maximum atomic E-state index is 9.08. The third-order valence-electron chi connectivity index (χ3n) is 2.38. The lowest BCUT2D eigenvalue weighted by atomic mass is 9.85. The normalized spacial score (nSPS) is 16.1. The Balaban J connectivity index is 3.66. The zero-order valence-corrected chi connectivity index (χ0v) is 8.64. The predicted octanol–water partition coefficient (Wildman–Crippen LogP) is 3.00. The van der Waals surface area contributed by atoms with Crippen molar-refractivity contribution in [3.63, 3.8) is 0 Å². The molecule has 0 aliphatic heterocycles. The quantitative estimate of drug-likeness (QED) is 0.608. The molecule has 1 heteroatoms. The Hall–Kier alpha value is -0.300. The second-order valence-electron chi connectivity index (χ2n) is 4.30. The molecule has 0 saturated carbocycles. The molecule has 12 heavy (non-hydrogen) atoms. The van der Waals surface area contributed by atoms with E-state index in [1.807, 2.05) is 6.08 Å². The van der Waals surface area contributed by atoms with E-state index in [0.717, 1.165) is 12.3 Å². The standard InChI is InChI=1S/C11H22O/c1-5-11(4,9-12)8-6-7-10(2)3/h5,10,12H,1,6-9H2,2-4H3. The van der Waals surface area contributed by atoms with Crippen LogP contribution in [0.15, 0.2) is 12.7 Å². The fourth-order valence-corrected chi connectivity index (χ4v) is 1.16. The van der Waals surface area contributed by atoms with E-state index in [2.05, 4.69) is 27.4 Å². The number of rotatable bonds is 6. The molecule has 0 aromatic rings. The van der Waals surface area contributed by atoms with Crippen molar-refractivity contribution in [2.75, 3.05) is 6.61 Å². The molecule has 1 unspecified atom stereocenters. The molecule has 0 rings (SSSR count). The van der Waals surface area contributed by atoms with Crippen LogP contribution in [-0.4, -0.2) is 11.7 Å². The van der Waals surface area contributed by atoms with E-state index >= 15 is 0 Å². The summed E-state index contributed by atoms with van der Waals surface area (Å²) in [6, 6.07) is 0. The van der Waals surface area contributed by atoms with Crippen LogP contribution < -0.4 is 0 Å². The van der Waals surface area contributed by atoms with Crippen molar-refractivity contribution < 1.29 is 5.11 Å². The molecule has 0 fully saturated rings. The van der Waals surface area contributed by atoms with Gasteiger partial charge in [-0.1, -0.05) is 39.7 Å². The molecule has 1 nitrogen and oxygen atoms in total. The minimum absolute atomic E-state index is 0.0606. The van der Waals surface area contributed by atoms with Gasteiger partial charge in [-0.3, -0.25) is 0 Å². The van der Waals surface area contributed by atoms with E-state index in [1.165, 1.54) is 12.8 Å². The van der Waals surface area contributed by atoms with Crippen molar-refractivity contribution in [3.05, 3.63) is 12.7 Å². The minimum Gasteiger partial charge on any atom is -0.395 e. The first kappa shape index (κ1) is 11.7. The average molecular weight is 170 g/mol. The lowest BCUT2D eigenvalue weighted by Crippen LogP contribution is -2.17. The lowest BCUT2D eigenvalue weighted by Gasteiger charge is -2.22. The molecule has 0 aliphatic carbocycles. The van der Waals surface area contributed by atoms with E-state index in [-0.39, 0.29) is 12.0 Å². The van der Waals surface area contributed by atoms with E-state index in [0.29, 0.717) is 0 Å².